The van der Waals surface area contributed by atoms with E-state index in [9.17, 15) is 40.2 Å². The fourth-order valence-corrected chi connectivity index (χ4v) is 11.6. The number of rotatable bonds is 9. The standard InChI is InChI=1S/C64H61Cl2N11O17/c65-38-15-27-1-7-44(38)93-47-22-32-23-48(57(47)91-14-13-70-11-9-67)94-45-8-4-30(20-39(45)66)56(83)55-64(90)76-54(60(86)71-12-10-68)37-25-34(79)26-43(82)49(37)36-19-29(3-5-41(36)80)51(61(87)77-55)74-63(89)53(32)75-62(88)52-31-17-33(78)24-35(18-31)92-46-21-28(2-6-42(46)81)50(69)59(85)72-40(16-27)58(84)73-52/h1-8,15,17-26,40,50-56,70,78-83H,9-14,16,67-69H2,(H,71,86)(H,72,85)(H,73,84)(H,74,89)(H,75,88)(H,76,90)(H,77,87)/t40-,50+,51-,52+,53-,54-,55+,56-/m1/s1. The maximum Gasteiger partial charge on any atom is 0.248 e. The number of ether oxygens (including phenoxy) is 4. The molecule has 28 nitrogen and oxygen atoms in total. The molecule has 8 atom stereocenters. The van der Waals surface area contributed by atoms with E-state index in [1.54, 1.807) is 0 Å². The van der Waals surface area contributed by atoms with Crippen molar-refractivity contribution < 1.29 is 83.1 Å². The number of phenolic OH excluding ortho intramolecular Hbond substituents is 5. The number of phenols is 5. The fraction of sp³-hybridized carbons (Fsp3) is 0.234. The van der Waals surface area contributed by atoms with Crippen molar-refractivity contribution >= 4 is 64.6 Å². The van der Waals surface area contributed by atoms with E-state index in [-0.39, 0.29) is 134 Å². The van der Waals surface area contributed by atoms with Crippen molar-refractivity contribution in [3.05, 3.63) is 164 Å². The van der Waals surface area contributed by atoms with Crippen molar-refractivity contribution in [1.29, 1.82) is 0 Å². The Balaban J connectivity index is 1.16. The Morgan fingerprint density at radius 1 is 0.543 bits per heavy atom. The second-order valence-corrected chi connectivity index (χ2v) is 23.0. The summed E-state index contributed by atoms with van der Waals surface area (Å²) in [6, 6.07) is 10.1. The van der Waals surface area contributed by atoms with Crippen LogP contribution in [0, 0.1) is 0 Å². The Kier molecular flexibility index (Phi) is 18.9. The molecular formula is C64H61Cl2N11O17. The second-order valence-electron chi connectivity index (χ2n) is 22.2. The number of aliphatic hydroxyl groups is 1. The monoisotopic (exact) mass is 1330 g/mol. The molecule has 30 heteroatoms. The summed E-state index contributed by atoms with van der Waals surface area (Å²) < 4.78 is 25.7. The van der Waals surface area contributed by atoms with Crippen molar-refractivity contribution in [2.75, 3.05) is 39.3 Å². The van der Waals surface area contributed by atoms with Crippen LogP contribution in [0.15, 0.2) is 115 Å². The predicted octanol–water partition coefficient (Wildman–Crippen LogP) is 3.20. The summed E-state index contributed by atoms with van der Waals surface area (Å²) in [7, 11) is 0. The van der Waals surface area contributed by atoms with Gasteiger partial charge in [-0.2, -0.15) is 0 Å². The number of fused-ring (bicyclic) bond motifs is 14. The third-order valence-corrected chi connectivity index (χ3v) is 16.3. The van der Waals surface area contributed by atoms with E-state index in [2.05, 4.69) is 42.5 Å². The molecule has 0 saturated carbocycles. The van der Waals surface area contributed by atoms with Gasteiger partial charge >= 0.3 is 0 Å². The van der Waals surface area contributed by atoms with Gasteiger partial charge in [0.2, 0.25) is 47.1 Å². The molecule has 0 saturated heterocycles. The van der Waals surface area contributed by atoms with E-state index in [1.165, 1.54) is 78.9 Å². The first-order valence-electron chi connectivity index (χ1n) is 29.2. The highest BCUT2D eigenvalue weighted by Crippen LogP contribution is 2.49. The van der Waals surface area contributed by atoms with E-state index >= 15 is 24.0 Å². The average Bonchev–Trinajstić information content (AvgIpc) is 0.774. The van der Waals surface area contributed by atoms with Gasteiger partial charge in [-0.05, 0) is 118 Å². The zero-order valence-electron chi connectivity index (χ0n) is 49.2. The fourth-order valence-electron chi connectivity index (χ4n) is 11.1. The molecule has 13 rings (SSSR count). The Morgan fingerprint density at radius 3 is 1.84 bits per heavy atom. The van der Waals surface area contributed by atoms with Crippen LogP contribution in [-0.4, -0.2) is 123 Å². The number of aliphatic hydroxyl groups excluding tert-OH is 1. The van der Waals surface area contributed by atoms with Gasteiger partial charge in [-0.1, -0.05) is 47.5 Å². The number of benzene rings is 7. The molecule has 6 aliphatic heterocycles. The Morgan fingerprint density at radius 2 is 1.15 bits per heavy atom. The normalized spacial score (nSPS) is 21.0. The van der Waals surface area contributed by atoms with E-state index in [0.717, 1.165) is 36.4 Å². The second kappa shape index (κ2) is 27.3. The zero-order chi connectivity index (χ0) is 66.8. The molecule has 94 heavy (non-hydrogen) atoms. The SMILES string of the molecule is NCCNCCOc1c2cc3cc1Oc1ccc(cc1Cl)[C@@H](O)[C@@H]1NC(=O)[C@H](NC(=O)[C@@H]3NC(=O)[C@H]3NC(=O)[C@@H](Cc4ccc(c(Cl)c4)O2)NC(=O)[C@@H](N)c2ccc(O)c(c2)Oc2cc(O)cc3c2)c2ccc(O)c(c2)-c2c(O)cc(O)cc2[C@H](C(=O)NCCN)NC1=O. The number of halogens is 2. The first kappa shape index (κ1) is 64.9. The van der Waals surface area contributed by atoms with E-state index in [0.29, 0.717) is 12.1 Å². The van der Waals surface area contributed by atoms with Gasteiger partial charge in [-0.15, -0.1) is 0 Å². The van der Waals surface area contributed by atoms with Crippen LogP contribution in [0.2, 0.25) is 10.0 Å². The molecule has 20 N–H and O–H groups in total. The number of nitrogens with two attached hydrogens (primary N) is 3. The van der Waals surface area contributed by atoms with Crippen molar-refractivity contribution in [3.63, 3.8) is 0 Å². The van der Waals surface area contributed by atoms with Crippen LogP contribution >= 0.6 is 23.2 Å². The number of hydrogen-bond acceptors (Lipinski definition) is 21. The van der Waals surface area contributed by atoms with Gasteiger partial charge in [-0.3, -0.25) is 33.6 Å². The third kappa shape index (κ3) is 13.6. The highest BCUT2D eigenvalue weighted by Gasteiger charge is 2.41. The first-order chi connectivity index (χ1) is 45.0. The van der Waals surface area contributed by atoms with Crippen LogP contribution in [0.5, 0.6) is 69.0 Å². The van der Waals surface area contributed by atoms with Crippen molar-refractivity contribution in [2.24, 2.45) is 17.2 Å². The summed E-state index contributed by atoms with van der Waals surface area (Å²) in [5.41, 5.74) is 16.7. The van der Waals surface area contributed by atoms with Crippen LogP contribution in [0.1, 0.15) is 75.3 Å². The van der Waals surface area contributed by atoms with Gasteiger partial charge in [0.1, 0.15) is 95.3 Å². The molecule has 488 valence electrons. The quantitative estimate of drug-likeness (QED) is 0.0923. The van der Waals surface area contributed by atoms with E-state index in [1.807, 2.05) is 0 Å². The third-order valence-electron chi connectivity index (χ3n) is 15.7. The molecule has 0 aromatic heterocycles. The highest BCUT2D eigenvalue weighted by molar-refractivity contribution is 6.32. The molecule has 6 aliphatic rings. The van der Waals surface area contributed by atoms with Crippen molar-refractivity contribution in [1.82, 2.24) is 42.5 Å². The predicted molar refractivity (Wildman–Crippen MR) is 335 cm³/mol. The lowest BCUT2D eigenvalue weighted by atomic mass is 9.89. The molecule has 7 amide bonds. The molecular weight excluding hydrogens is 1270 g/mol. The Labute approximate surface area is 543 Å². The maximum absolute atomic E-state index is 16.1. The summed E-state index contributed by atoms with van der Waals surface area (Å²) in [6.07, 6.45) is -2.41. The molecule has 7 aromatic carbocycles. The zero-order valence-corrected chi connectivity index (χ0v) is 50.7. The summed E-state index contributed by atoms with van der Waals surface area (Å²) >= 11 is 14.1. The summed E-state index contributed by atoms with van der Waals surface area (Å²) in [6.45, 7) is 0.499. The van der Waals surface area contributed by atoms with Gasteiger partial charge in [0.25, 0.3) is 0 Å². The largest absolute Gasteiger partial charge is 0.508 e. The topological polar surface area (TPSA) is 452 Å². The molecule has 6 heterocycles. The number of carbonyl (C=O) groups is 7. The molecule has 0 aliphatic carbocycles. The molecule has 0 unspecified atom stereocenters. The van der Waals surface area contributed by atoms with E-state index in [4.69, 9.17) is 59.4 Å². The molecule has 0 spiro atoms. The minimum absolute atomic E-state index is 0.0566. The molecule has 0 radical (unpaired) electrons. The van der Waals surface area contributed by atoms with Crippen LogP contribution in [0.4, 0.5) is 0 Å². The van der Waals surface area contributed by atoms with Crippen molar-refractivity contribution in [3.8, 4) is 80.1 Å². The maximum atomic E-state index is 16.1. The Bertz CT molecular complexity index is 4220. The summed E-state index contributed by atoms with van der Waals surface area (Å²) in [4.78, 5) is 106. The smallest absolute Gasteiger partial charge is 0.248 e. The van der Waals surface area contributed by atoms with Crippen LogP contribution in [0.25, 0.3) is 11.1 Å². The highest BCUT2D eigenvalue weighted by atomic mass is 35.5. The van der Waals surface area contributed by atoms with E-state index < -0.39 is 118 Å². The van der Waals surface area contributed by atoms with Crippen LogP contribution in [-0.2, 0) is 40.0 Å². The average molecular weight is 1330 g/mol. The molecule has 7 aromatic rings. The van der Waals surface area contributed by atoms with Gasteiger partial charge in [-0.25, -0.2) is 0 Å². The Hall–Kier alpha value is -10.6. The first-order valence-corrected chi connectivity index (χ1v) is 29.9. The van der Waals surface area contributed by atoms with Crippen LogP contribution < -0.4 is 78.7 Å². The number of carbonyl (C=O) groups excluding carboxylic acids is 7. The number of hydrogen-bond donors (Lipinski definition) is 17. The van der Waals surface area contributed by atoms with Crippen LogP contribution in [0.3, 0.4) is 0 Å². The molecule has 0 fully saturated rings. The minimum Gasteiger partial charge on any atom is -0.508 e. The number of aromatic hydroxyl groups is 5. The lowest BCUT2D eigenvalue weighted by molar-refractivity contribution is -0.137. The van der Waals surface area contributed by atoms with Gasteiger partial charge < -0.3 is 109 Å². The number of nitrogens with one attached hydrogen (secondary N) is 8. The van der Waals surface area contributed by atoms with Crippen molar-refractivity contribution in [2.45, 2.75) is 54.8 Å². The van der Waals surface area contributed by atoms with Gasteiger partial charge in [0.05, 0.1) is 10.0 Å². The lowest BCUT2D eigenvalue weighted by Gasteiger charge is -2.31. The molecule has 17 bridgehead atoms. The summed E-state index contributed by atoms with van der Waals surface area (Å²) in [5.74, 6) is -12.2. The lowest BCUT2D eigenvalue weighted by Crippen LogP contribution is -2.56. The number of amides is 7. The minimum atomic E-state index is -2.13. The van der Waals surface area contributed by atoms with Gasteiger partial charge in [0, 0.05) is 62.4 Å². The summed E-state index contributed by atoms with van der Waals surface area (Å²) in [5, 5.41) is 90.1. The van der Waals surface area contributed by atoms with Gasteiger partial charge in [0.15, 0.2) is 23.0 Å².